The number of hydrogen-bond acceptors (Lipinski definition) is 2. The second-order valence-corrected chi connectivity index (χ2v) is 5.42. The predicted molar refractivity (Wildman–Crippen MR) is 62.5 cm³/mol. The van der Waals surface area contributed by atoms with Crippen molar-refractivity contribution in [3.05, 3.63) is 0 Å². The Hall–Kier alpha value is 0.310. The molecule has 0 spiro atoms. The first-order chi connectivity index (χ1) is 6.33. The molecule has 1 aliphatic carbocycles. The minimum atomic E-state index is 0.767. The van der Waals surface area contributed by atoms with E-state index in [-0.39, 0.29) is 0 Å². The maximum absolute atomic E-state index is 3.69. The molecule has 0 heterocycles. The Morgan fingerprint density at radius 3 is 2.38 bits per heavy atom. The zero-order valence-electron chi connectivity index (χ0n) is 9.01. The second-order valence-electron chi connectivity index (χ2n) is 4.14. The molecule has 0 aliphatic heterocycles. The summed E-state index contributed by atoms with van der Waals surface area (Å²) in [6, 6.07) is 0.817. The quantitative estimate of drug-likeness (QED) is 0.702. The second kappa shape index (κ2) is 6.72. The summed E-state index contributed by atoms with van der Waals surface area (Å²) >= 11 is 1.96. The van der Waals surface area contributed by atoms with Gasteiger partial charge in [0.1, 0.15) is 0 Å². The highest BCUT2D eigenvalue weighted by Crippen LogP contribution is 2.17. The summed E-state index contributed by atoms with van der Waals surface area (Å²) in [4.78, 5) is 0. The topological polar surface area (TPSA) is 12.0 Å². The van der Waals surface area contributed by atoms with E-state index in [1.807, 2.05) is 11.8 Å². The van der Waals surface area contributed by atoms with E-state index in [2.05, 4.69) is 18.5 Å². The lowest BCUT2D eigenvalue weighted by molar-refractivity contribution is 0.463. The Balaban J connectivity index is 2.11. The first kappa shape index (κ1) is 11.4. The third-order valence-electron chi connectivity index (χ3n) is 2.95. The molecule has 2 heteroatoms. The summed E-state index contributed by atoms with van der Waals surface area (Å²) in [6.45, 7) is 3.49. The number of hydrogen-bond donors (Lipinski definition) is 1. The molecule has 0 aromatic heterocycles. The molecule has 0 radical (unpaired) electrons. The maximum atomic E-state index is 3.69. The number of thioether (sulfide) groups is 1. The van der Waals surface area contributed by atoms with Gasteiger partial charge in [-0.3, -0.25) is 0 Å². The standard InChI is InChI=1S/C11H23NS/c1-10(13-2)9-12-11-7-5-3-4-6-8-11/h10-12H,3-9H2,1-2H3. The Kier molecular flexibility index (Phi) is 5.88. The molecule has 0 bridgehead atoms. The fraction of sp³-hybridized carbons (Fsp3) is 1.00. The van der Waals surface area contributed by atoms with Gasteiger partial charge in [-0.25, -0.2) is 0 Å². The summed E-state index contributed by atoms with van der Waals surface area (Å²) in [5.41, 5.74) is 0. The molecule has 1 aliphatic rings. The van der Waals surface area contributed by atoms with Crippen molar-refractivity contribution in [2.45, 2.75) is 56.7 Å². The van der Waals surface area contributed by atoms with Crippen molar-refractivity contribution in [2.75, 3.05) is 12.8 Å². The zero-order valence-corrected chi connectivity index (χ0v) is 9.83. The van der Waals surface area contributed by atoms with Gasteiger partial charge in [0.05, 0.1) is 0 Å². The van der Waals surface area contributed by atoms with Gasteiger partial charge in [-0.2, -0.15) is 11.8 Å². The van der Waals surface area contributed by atoms with Crippen LogP contribution in [0.2, 0.25) is 0 Å². The Morgan fingerprint density at radius 1 is 1.23 bits per heavy atom. The van der Waals surface area contributed by atoms with Crippen molar-refractivity contribution in [1.29, 1.82) is 0 Å². The van der Waals surface area contributed by atoms with Gasteiger partial charge in [0.25, 0.3) is 0 Å². The van der Waals surface area contributed by atoms with Crippen LogP contribution >= 0.6 is 11.8 Å². The normalized spacial score (nSPS) is 22.6. The van der Waals surface area contributed by atoms with Crippen LogP contribution in [0.3, 0.4) is 0 Å². The highest BCUT2D eigenvalue weighted by Gasteiger charge is 2.11. The fourth-order valence-electron chi connectivity index (χ4n) is 1.90. The molecule has 0 aromatic carbocycles. The van der Waals surface area contributed by atoms with E-state index in [0.29, 0.717) is 0 Å². The molecular formula is C11H23NS. The smallest absolute Gasteiger partial charge is 0.0141 e. The van der Waals surface area contributed by atoms with E-state index in [1.165, 1.54) is 45.1 Å². The van der Waals surface area contributed by atoms with Crippen molar-refractivity contribution in [1.82, 2.24) is 5.32 Å². The first-order valence-corrected chi connectivity index (χ1v) is 6.88. The lowest BCUT2D eigenvalue weighted by Crippen LogP contribution is -2.33. The molecule has 1 fully saturated rings. The first-order valence-electron chi connectivity index (χ1n) is 5.59. The van der Waals surface area contributed by atoms with Crippen molar-refractivity contribution in [2.24, 2.45) is 0 Å². The summed E-state index contributed by atoms with van der Waals surface area (Å²) in [7, 11) is 0. The van der Waals surface area contributed by atoms with Crippen LogP contribution in [-0.4, -0.2) is 24.1 Å². The van der Waals surface area contributed by atoms with Gasteiger partial charge in [0.2, 0.25) is 0 Å². The van der Waals surface area contributed by atoms with Gasteiger partial charge in [0, 0.05) is 17.8 Å². The Morgan fingerprint density at radius 2 is 1.85 bits per heavy atom. The van der Waals surface area contributed by atoms with E-state index in [4.69, 9.17) is 0 Å². The molecule has 1 saturated carbocycles. The van der Waals surface area contributed by atoms with E-state index in [9.17, 15) is 0 Å². The Bertz CT molecular complexity index is 119. The van der Waals surface area contributed by atoms with E-state index in [1.54, 1.807) is 0 Å². The summed E-state index contributed by atoms with van der Waals surface area (Å²) in [6.07, 6.45) is 10.8. The molecule has 0 saturated heterocycles. The average molecular weight is 201 g/mol. The Labute approximate surface area is 87.1 Å². The molecule has 0 aromatic rings. The van der Waals surface area contributed by atoms with Crippen LogP contribution in [0.4, 0.5) is 0 Å². The summed E-state index contributed by atoms with van der Waals surface area (Å²) in [5, 5.41) is 4.46. The van der Waals surface area contributed by atoms with Crippen molar-refractivity contribution in [3.8, 4) is 0 Å². The van der Waals surface area contributed by atoms with Gasteiger partial charge in [0.15, 0.2) is 0 Å². The highest BCUT2D eigenvalue weighted by atomic mass is 32.2. The minimum absolute atomic E-state index is 0.767. The van der Waals surface area contributed by atoms with Crippen LogP contribution in [-0.2, 0) is 0 Å². The number of nitrogens with one attached hydrogen (secondary N) is 1. The van der Waals surface area contributed by atoms with Crippen molar-refractivity contribution < 1.29 is 0 Å². The average Bonchev–Trinajstić information content (AvgIpc) is 2.42. The fourth-order valence-corrected chi connectivity index (χ4v) is 2.16. The van der Waals surface area contributed by atoms with Gasteiger partial charge in [-0.15, -0.1) is 0 Å². The predicted octanol–water partition coefficient (Wildman–Crippen LogP) is 3.05. The van der Waals surface area contributed by atoms with Crippen LogP contribution in [0.1, 0.15) is 45.4 Å². The van der Waals surface area contributed by atoms with E-state index >= 15 is 0 Å². The van der Waals surface area contributed by atoms with Gasteiger partial charge < -0.3 is 5.32 Å². The zero-order chi connectivity index (χ0) is 9.52. The monoisotopic (exact) mass is 201 g/mol. The molecule has 1 nitrogen and oxygen atoms in total. The summed E-state index contributed by atoms with van der Waals surface area (Å²) in [5.74, 6) is 0. The molecule has 1 N–H and O–H groups in total. The van der Waals surface area contributed by atoms with Crippen LogP contribution in [0.25, 0.3) is 0 Å². The SMILES string of the molecule is CSC(C)CNC1CCCCCC1. The summed E-state index contributed by atoms with van der Waals surface area (Å²) < 4.78 is 0. The van der Waals surface area contributed by atoms with Gasteiger partial charge in [-0.05, 0) is 19.1 Å². The van der Waals surface area contributed by atoms with Gasteiger partial charge >= 0.3 is 0 Å². The maximum Gasteiger partial charge on any atom is 0.0141 e. The van der Waals surface area contributed by atoms with Crippen LogP contribution in [0, 0.1) is 0 Å². The van der Waals surface area contributed by atoms with Crippen LogP contribution < -0.4 is 5.32 Å². The van der Waals surface area contributed by atoms with Crippen LogP contribution in [0.15, 0.2) is 0 Å². The third kappa shape index (κ3) is 4.92. The van der Waals surface area contributed by atoms with Gasteiger partial charge in [-0.1, -0.05) is 32.6 Å². The number of rotatable bonds is 4. The van der Waals surface area contributed by atoms with E-state index < -0.39 is 0 Å². The molecule has 0 amide bonds. The van der Waals surface area contributed by atoms with Crippen molar-refractivity contribution in [3.63, 3.8) is 0 Å². The molecule has 1 atom stereocenters. The lowest BCUT2D eigenvalue weighted by atomic mass is 10.1. The lowest BCUT2D eigenvalue weighted by Gasteiger charge is -2.18. The molecule has 13 heavy (non-hydrogen) atoms. The van der Waals surface area contributed by atoms with E-state index in [0.717, 1.165) is 11.3 Å². The minimum Gasteiger partial charge on any atom is -0.313 e. The molecule has 1 unspecified atom stereocenters. The highest BCUT2D eigenvalue weighted by molar-refractivity contribution is 7.99. The molecular weight excluding hydrogens is 178 g/mol. The van der Waals surface area contributed by atoms with Crippen LogP contribution in [0.5, 0.6) is 0 Å². The molecule has 1 rings (SSSR count). The van der Waals surface area contributed by atoms with Crippen molar-refractivity contribution >= 4 is 11.8 Å². The largest absolute Gasteiger partial charge is 0.313 e. The molecule has 78 valence electrons. The third-order valence-corrected chi connectivity index (χ3v) is 3.92.